The summed E-state index contributed by atoms with van der Waals surface area (Å²) in [6.45, 7) is 2.75. The molecule has 13 heavy (non-hydrogen) atoms. The van der Waals surface area contributed by atoms with Crippen LogP contribution in [0.2, 0.25) is 0 Å². The molecule has 2 aliphatic heterocycles. The fourth-order valence-electron chi connectivity index (χ4n) is 2.38. The Hall–Kier alpha value is 0.230. The van der Waals surface area contributed by atoms with E-state index in [1.54, 1.807) is 14.2 Å². The topological polar surface area (TPSA) is 27.7 Å². The van der Waals surface area contributed by atoms with Gasteiger partial charge in [-0.15, -0.1) is 11.8 Å². The van der Waals surface area contributed by atoms with Crippen molar-refractivity contribution in [2.45, 2.75) is 30.0 Å². The van der Waals surface area contributed by atoms with E-state index in [4.69, 9.17) is 14.2 Å². The highest BCUT2D eigenvalue weighted by atomic mass is 32.2. The fourth-order valence-corrected chi connectivity index (χ4v) is 4.03. The molecule has 0 aromatic carbocycles. The number of hydrogen-bond donors (Lipinski definition) is 0. The summed E-state index contributed by atoms with van der Waals surface area (Å²) in [6, 6.07) is 0. The van der Waals surface area contributed by atoms with Gasteiger partial charge in [0.05, 0.1) is 18.0 Å². The van der Waals surface area contributed by atoms with Gasteiger partial charge in [0, 0.05) is 20.0 Å². The van der Waals surface area contributed by atoms with Crippen LogP contribution in [0.15, 0.2) is 0 Å². The number of methoxy groups -OCH3 is 2. The van der Waals surface area contributed by atoms with E-state index in [2.05, 4.69) is 6.92 Å². The standard InChI is InChI=1S/C9H16O3S/c1-6-7-8(11-3)9(12-6,4-10-2)5-13-7/h6-8H,4-5H2,1-3H3/t6-,7?,8+,9-/m0/s1. The lowest BCUT2D eigenvalue weighted by Gasteiger charge is -2.29. The highest BCUT2D eigenvalue weighted by Gasteiger charge is 2.59. The van der Waals surface area contributed by atoms with Crippen molar-refractivity contribution in [3.05, 3.63) is 0 Å². The number of fused-ring (bicyclic) bond motifs is 2. The van der Waals surface area contributed by atoms with Crippen molar-refractivity contribution in [3.8, 4) is 0 Å². The van der Waals surface area contributed by atoms with Gasteiger partial charge in [-0.05, 0) is 6.92 Å². The minimum Gasteiger partial charge on any atom is -0.382 e. The lowest BCUT2D eigenvalue weighted by atomic mass is 10.00. The van der Waals surface area contributed by atoms with Crippen LogP contribution in [0.1, 0.15) is 6.92 Å². The molecule has 2 rings (SSSR count). The molecule has 2 fully saturated rings. The van der Waals surface area contributed by atoms with Crippen molar-refractivity contribution in [1.82, 2.24) is 0 Å². The van der Waals surface area contributed by atoms with Crippen molar-refractivity contribution in [2.75, 3.05) is 26.6 Å². The van der Waals surface area contributed by atoms with Crippen molar-refractivity contribution in [3.63, 3.8) is 0 Å². The highest BCUT2D eigenvalue weighted by molar-refractivity contribution is 8.00. The second-order valence-corrected chi connectivity index (χ2v) is 4.92. The van der Waals surface area contributed by atoms with Crippen molar-refractivity contribution in [2.24, 2.45) is 0 Å². The smallest absolute Gasteiger partial charge is 0.128 e. The second kappa shape index (κ2) is 3.42. The van der Waals surface area contributed by atoms with Crippen LogP contribution in [0.4, 0.5) is 0 Å². The molecular formula is C9H16O3S. The first-order chi connectivity index (χ1) is 6.23. The zero-order chi connectivity index (χ0) is 9.47. The average Bonchev–Trinajstić information content (AvgIpc) is 2.55. The molecule has 2 bridgehead atoms. The third kappa shape index (κ3) is 1.31. The third-order valence-corrected chi connectivity index (χ3v) is 4.53. The zero-order valence-corrected chi connectivity index (χ0v) is 9.10. The van der Waals surface area contributed by atoms with Crippen LogP contribution < -0.4 is 0 Å². The van der Waals surface area contributed by atoms with Gasteiger partial charge in [-0.2, -0.15) is 0 Å². The molecule has 1 unspecified atom stereocenters. The molecule has 0 N–H and O–H groups in total. The normalized spacial score (nSPS) is 48.7. The van der Waals surface area contributed by atoms with Crippen LogP contribution in [-0.4, -0.2) is 49.6 Å². The van der Waals surface area contributed by atoms with Crippen molar-refractivity contribution >= 4 is 11.8 Å². The predicted octanol–water partition coefficient (Wildman–Crippen LogP) is 0.921. The fraction of sp³-hybridized carbons (Fsp3) is 1.00. The Labute approximate surface area is 83.1 Å². The number of ether oxygens (including phenoxy) is 3. The molecule has 4 heteroatoms. The highest BCUT2D eigenvalue weighted by Crippen LogP contribution is 2.48. The number of rotatable bonds is 3. The average molecular weight is 204 g/mol. The molecule has 0 saturated carbocycles. The van der Waals surface area contributed by atoms with E-state index in [1.807, 2.05) is 11.8 Å². The first kappa shape index (κ1) is 9.77. The Kier molecular flexibility index (Phi) is 2.57. The summed E-state index contributed by atoms with van der Waals surface area (Å²) in [6.07, 6.45) is 0.492. The molecule has 2 heterocycles. The van der Waals surface area contributed by atoms with Gasteiger partial charge in [-0.3, -0.25) is 0 Å². The van der Waals surface area contributed by atoms with Crippen LogP contribution in [0.3, 0.4) is 0 Å². The van der Waals surface area contributed by atoms with E-state index >= 15 is 0 Å². The van der Waals surface area contributed by atoms with Gasteiger partial charge in [0.15, 0.2) is 0 Å². The SMILES string of the molecule is COC[C@@]12CSC([C@H](C)O1)[C@H]2OC. The second-order valence-electron chi connectivity index (χ2n) is 3.75. The molecular weight excluding hydrogens is 188 g/mol. The van der Waals surface area contributed by atoms with E-state index < -0.39 is 0 Å². The van der Waals surface area contributed by atoms with Crippen LogP contribution in [0, 0.1) is 0 Å². The maximum atomic E-state index is 5.92. The summed E-state index contributed by atoms with van der Waals surface area (Å²) in [5.41, 5.74) is -0.182. The van der Waals surface area contributed by atoms with E-state index in [0.29, 0.717) is 18.0 Å². The lowest BCUT2D eigenvalue weighted by Crippen LogP contribution is -2.45. The quantitative estimate of drug-likeness (QED) is 0.683. The van der Waals surface area contributed by atoms with Crippen molar-refractivity contribution in [1.29, 1.82) is 0 Å². The molecule has 0 radical (unpaired) electrons. The first-order valence-electron chi connectivity index (χ1n) is 4.54. The number of hydrogen-bond acceptors (Lipinski definition) is 4. The molecule has 2 saturated heterocycles. The minimum absolute atomic E-state index is 0.182. The number of thioether (sulfide) groups is 1. The van der Waals surface area contributed by atoms with Crippen LogP contribution in [-0.2, 0) is 14.2 Å². The molecule has 2 aliphatic rings. The van der Waals surface area contributed by atoms with Crippen LogP contribution in [0.5, 0.6) is 0 Å². The van der Waals surface area contributed by atoms with E-state index in [-0.39, 0.29) is 11.7 Å². The molecule has 76 valence electrons. The van der Waals surface area contributed by atoms with Gasteiger partial charge in [-0.1, -0.05) is 0 Å². The maximum Gasteiger partial charge on any atom is 0.128 e. The van der Waals surface area contributed by atoms with Crippen LogP contribution in [0.25, 0.3) is 0 Å². The Bertz CT molecular complexity index is 199. The molecule has 0 aliphatic carbocycles. The summed E-state index contributed by atoms with van der Waals surface area (Å²) in [5, 5.41) is 0.486. The molecule has 0 aromatic rings. The van der Waals surface area contributed by atoms with E-state index in [1.165, 1.54) is 0 Å². The van der Waals surface area contributed by atoms with Crippen LogP contribution >= 0.6 is 11.8 Å². The van der Waals surface area contributed by atoms with Gasteiger partial charge in [0.2, 0.25) is 0 Å². The summed E-state index contributed by atoms with van der Waals surface area (Å²) in [7, 11) is 3.47. The zero-order valence-electron chi connectivity index (χ0n) is 8.28. The summed E-state index contributed by atoms with van der Waals surface area (Å²) >= 11 is 1.94. The lowest BCUT2D eigenvalue weighted by molar-refractivity contribution is -0.107. The largest absolute Gasteiger partial charge is 0.382 e. The molecule has 0 amide bonds. The monoisotopic (exact) mass is 204 g/mol. The Balaban J connectivity index is 2.17. The van der Waals surface area contributed by atoms with E-state index in [0.717, 1.165) is 5.75 Å². The first-order valence-corrected chi connectivity index (χ1v) is 5.59. The summed E-state index contributed by atoms with van der Waals surface area (Å²) < 4.78 is 16.6. The molecule has 3 nitrogen and oxygen atoms in total. The Morgan fingerprint density at radius 1 is 1.54 bits per heavy atom. The Morgan fingerprint density at radius 3 is 2.85 bits per heavy atom. The maximum absolute atomic E-state index is 5.92. The van der Waals surface area contributed by atoms with Gasteiger partial charge in [-0.25, -0.2) is 0 Å². The van der Waals surface area contributed by atoms with Gasteiger partial charge in [0.25, 0.3) is 0 Å². The minimum atomic E-state index is -0.182. The molecule has 0 spiro atoms. The van der Waals surface area contributed by atoms with Gasteiger partial charge < -0.3 is 14.2 Å². The summed E-state index contributed by atoms with van der Waals surface area (Å²) in [5.74, 6) is 0.994. The molecule has 0 aromatic heterocycles. The van der Waals surface area contributed by atoms with E-state index in [9.17, 15) is 0 Å². The third-order valence-electron chi connectivity index (χ3n) is 2.86. The summed E-state index contributed by atoms with van der Waals surface area (Å²) in [4.78, 5) is 0. The van der Waals surface area contributed by atoms with Crippen molar-refractivity contribution < 1.29 is 14.2 Å². The predicted molar refractivity (Wildman–Crippen MR) is 52.2 cm³/mol. The molecule has 4 atom stereocenters. The van der Waals surface area contributed by atoms with Gasteiger partial charge in [0.1, 0.15) is 11.7 Å². The Morgan fingerprint density at radius 2 is 2.31 bits per heavy atom. The van der Waals surface area contributed by atoms with Gasteiger partial charge >= 0.3 is 0 Å².